The molecule has 0 bridgehead atoms. The van der Waals surface area contributed by atoms with Crippen LogP contribution in [0.25, 0.3) is 0 Å². The van der Waals surface area contributed by atoms with Crippen LogP contribution in [0.5, 0.6) is 0 Å². The van der Waals surface area contributed by atoms with E-state index in [2.05, 4.69) is 16.6 Å². The molecule has 0 amide bonds. The summed E-state index contributed by atoms with van der Waals surface area (Å²) in [5.74, 6) is 6.75. The molecule has 16 heavy (non-hydrogen) atoms. The van der Waals surface area contributed by atoms with Gasteiger partial charge in [0.25, 0.3) is 0 Å². The summed E-state index contributed by atoms with van der Waals surface area (Å²) in [5, 5.41) is 0. The molecule has 0 N–H and O–H groups in total. The molecular formula is C14H14O2. The van der Waals surface area contributed by atoms with Crippen LogP contribution in [0.2, 0.25) is 0 Å². The third-order valence-corrected chi connectivity index (χ3v) is 2.53. The average Bonchev–Trinajstić information content (AvgIpc) is 3.12. The fourth-order valence-electron chi connectivity index (χ4n) is 1.36. The highest BCUT2D eigenvalue weighted by molar-refractivity contribution is 5.72. The van der Waals surface area contributed by atoms with Crippen molar-refractivity contribution in [1.82, 2.24) is 0 Å². The predicted molar refractivity (Wildman–Crippen MR) is 61.8 cm³/mol. The van der Waals surface area contributed by atoms with Gasteiger partial charge in [0.15, 0.2) is 0 Å². The van der Waals surface area contributed by atoms with Gasteiger partial charge in [-0.05, 0) is 30.5 Å². The fourth-order valence-corrected chi connectivity index (χ4v) is 1.36. The summed E-state index contributed by atoms with van der Waals surface area (Å²) in [5.41, 5.74) is 1.98. The van der Waals surface area contributed by atoms with Gasteiger partial charge in [0.2, 0.25) is 0 Å². The van der Waals surface area contributed by atoms with E-state index in [-0.39, 0.29) is 5.97 Å². The number of methoxy groups -OCH3 is 1. The molecule has 0 radical (unpaired) electrons. The smallest absolute Gasteiger partial charge is 0.309 e. The van der Waals surface area contributed by atoms with Crippen LogP contribution in [0.15, 0.2) is 24.3 Å². The molecule has 0 saturated heterocycles. The van der Waals surface area contributed by atoms with E-state index >= 15 is 0 Å². The lowest BCUT2D eigenvalue weighted by Crippen LogP contribution is -2.04. The first-order valence-electron chi connectivity index (χ1n) is 5.45. The zero-order chi connectivity index (χ0) is 11.4. The van der Waals surface area contributed by atoms with Crippen molar-refractivity contribution in [2.45, 2.75) is 19.3 Å². The Labute approximate surface area is 95.6 Å². The highest BCUT2D eigenvalue weighted by Crippen LogP contribution is 2.27. The van der Waals surface area contributed by atoms with Gasteiger partial charge >= 0.3 is 5.97 Å². The van der Waals surface area contributed by atoms with E-state index in [9.17, 15) is 4.79 Å². The van der Waals surface area contributed by atoms with Crippen molar-refractivity contribution < 1.29 is 9.53 Å². The Kier molecular flexibility index (Phi) is 3.26. The Balaban J connectivity index is 1.99. The Bertz CT molecular complexity index is 430. The molecule has 0 aliphatic heterocycles. The van der Waals surface area contributed by atoms with Crippen molar-refractivity contribution in [3.8, 4) is 11.8 Å². The van der Waals surface area contributed by atoms with Gasteiger partial charge in [0.1, 0.15) is 0 Å². The number of hydrogen-bond donors (Lipinski definition) is 0. The topological polar surface area (TPSA) is 26.3 Å². The number of hydrogen-bond acceptors (Lipinski definition) is 2. The van der Waals surface area contributed by atoms with Crippen molar-refractivity contribution >= 4 is 5.97 Å². The molecule has 0 atom stereocenters. The molecular weight excluding hydrogens is 200 g/mol. The maximum Gasteiger partial charge on any atom is 0.309 e. The van der Waals surface area contributed by atoms with E-state index in [1.165, 1.54) is 20.0 Å². The van der Waals surface area contributed by atoms with E-state index in [1.807, 2.05) is 24.3 Å². The minimum absolute atomic E-state index is 0.211. The minimum atomic E-state index is -0.211. The quantitative estimate of drug-likeness (QED) is 0.557. The highest BCUT2D eigenvalue weighted by atomic mass is 16.5. The molecule has 1 saturated carbocycles. The summed E-state index contributed by atoms with van der Waals surface area (Å²) >= 11 is 0. The maximum absolute atomic E-state index is 11.0. The fraction of sp³-hybridized carbons (Fsp3) is 0.357. The largest absolute Gasteiger partial charge is 0.469 e. The number of benzene rings is 1. The zero-order valence-corrected chi connectivity index (χ0v) is 9.32. The van der Waals surface area contributed by atoms with Gasteiger partial charge < -0.3 is 4.74 Å². The Morgan fingerprint density at radius 1 is 1.38 bits per heavy atom. The summed E-state index contributed by atoms with van der Waals surface area (Å²) in [7, 11) is 1.40. The van der Waals surface area contributed by atoms with Crippen LogP contribution in [0.1, 0.15) is 24.0 Å². The molecule has 1 fully saturated rings. The van der Waals surface area contributed by atoms with E-state index < -0.39 is 0 Å². The molecule has 0 unspecified atom stereocenters. The number of esters is 1. The van der Waals surface area contributed by atoms with Crippen molar-refractivity contribution in [3.63, 3.8) is 0 Å². The molecule has 1 aliphatic rings. The first kappa shape index (κ1) is 10.8. The van der Waals surface area contributed by atoms with Gasteiger partial charge in [0.05, 0.1) is 13.5 Å². The standard InChI is InChI=1S/C14H14O2/c1-16-14(15)10-13-8-6-12(7-9-13)5-4-11-2-3-11/h6-9,11H,2-3,10H2,1H3. The molecule has 1 aromatic carbocycles. The van der Waals surface area contributed by atoms with Crippen LogP contribution in [-0.2, 0) is 16.0 Å². The molecule has 2 heteroatoms. The van der Waals surface area contributed by atoms with Gasteiger partial charge in [0, 0.05) is 11.5 Å². The van der Waals surface area contributed by atoms with Gasteiger partial charge in [-0.15, -0.1) is 0 Å². The van der Waals surface area contributed by atoms with E-state index in [0.717, 1.165) is 11.1 Å². The van der Waals surface area contributed by atoms with E-state index in [0.29, 0.717) is 12.3 Å². The second-order valence-corrected chi connectivity index (χ2v) is 3.99. The van der Waals surface area contributed by atoms with Crippen molar-refractivity contribution in [3.05, 3.63) is 35.4 Å². The molecule has 2 nitrogen and oxygen atoms in total. The molecule has 0 heterocycles. The number of ether oxygens (including phenoxy) is 1. The lowest BCUT2D eigenvalue weighted by molar-refractivity contribution is -0.139. The SMILES string of the molecule is COC(=O)Cc1ccc(C#CC2CC2)cc1. The lowest BCUT2D eigenvalue weighted by atomic mass is 10.1. The van der Waals surface area contributed by atoms with E-state index in [1.54, 1.807) is 0 Å². The molecule has 1 aliphatic carbocycles. The van der Waals surface area contributed by atoms with Crippen molar-refractivity contribution in [2.24, 2.45) is 5.92 Å². The Morgan fingerprint density at radius 3 is 2.62 bits per heavy atom. The summed E-state index contributed by atoms with van der Waals surface area (Å²) in [6.07, 6.45) is 2.81. The van der Waals surface area contributed by atoms with Crippen LogP contribution >= 0.6 is 0 Å². The second-order valence-electron chi connectivity index (χ2n) is 3.99. The molecule has 82 valence electrons. The molecule has 2 rings (SSSR count). The molecule has 1 aromatic rings. The van der Waals surface area contributed by atoms with Crippen LogP contribution in [0.3, 0.4) is 0 Å². The first-order valence-corrected chi connectivity index (χ1v) is 5.45. The summed E-state index contributed by atoms with van der Waals surface area (Å²) < 4.78 is 4.60. The van der Waals surface area contributed by atoms with E-state index in [4.69, 9.17) is 0 Å². The van der Waals surface area contributed by atoms with Crippen LogP contribution < -0.4 is 0 Å². The summed E-state index contributed by atoms with van der Waals surface area (Å²) in [4.78, 5) is 11.0. The minimum Gasteiger partial charge on any atom is -0.469 e. The Hall–Kier alpha value is -1.75. The second kappa shape index (κ2) is 4.85. The third-order valence-electron chi connectivity index (χ3n) is 2.53. The maximum atomic E-state index is 11.0. The Morgan fingerprint density at radius 2 is 2.06 bits per heavy atom. The van der Waals surface area contributed by atoms with Crippen molar-refractivity contribution in [2.75, 3.05) is 7.11 Å². The normalized spacial score (nSPS) is 13.8. The number of carbonyl (C=O) groups is 1. The van der Waals surface area contributed by atoms with Gasteiger partial charge in [-0.2, -0.15) is 0 Å². The summed E-state index contributed by atoms with van der Waals surface area (Å²) in [6, 6.07) is 7.75. The van der Waals surface area contributed by atoms with Gasteiger partial charge in [-0.1, -0.05) is 24.0 Å². The van der Waals surface area contributed by atoms with Crippen molar-refractivity contribution in [1.29, 1.82) is 0 Å². The predicted octanol–water partition coefficient (Wildman–Crippen LogP) is 2.16. The summed E-state index contributed by atoms with van der Waals surface area (Å²) in [6.45, 7) is 0. The highest BCUT2D eigenvalue weighted by Gasteiger charge is 2.17. The van der Waals surface area contributed by atoms with Crippen LogP contribution in [0.4, 0.5) is 0 Å². The first-order chi connectivity index (χ1) is 7.78. The monoisotopic (exact) mass is 214 g/mol. The number of rotatable bonds is 2. The van der Waals surface area contributed by atoms with Crippen LogP contribution in [-0.4, -0.2) is 13.1 Å². The van der Waals surface area contributed by atoms with Gasteiger partial charge in [-0.3, -0.25) is 4.79 Å². The zero-order valence-electron chi connectivity index (χ0n) is 9.32. The lowest BCUT2D eigenvalue weighted by Gasteiger charge is -1.99. The molecule has 0 aromatic heterocycles. The number of carbonyl (C=O) groups excluding carboxylic acids is 1. The van der Waals surface area contributed by atoms with Crippen LogP contribution in [0, 0.1) is 17.8 Å². The van der Waals surface area contributed by atoms with Gasteiger partial charge in [-0.25, -0.2) is 0 Å². The molecule has 0 spiro atoms. The third kappa shape index (κ3) is 3.13. The average molecular weight is 214 g/mol.